The molecule has 0 radical (unpaired) electrons. The van der Waals surface area contributed by atoms with Crippen LogP contribution in [0.1, 0.15) is 85.5 Å². The van der Waals surface area contributed by atoms with Crippen molar-refractivity contribution in [3.63, 3.8) is 0 Å². The molecule has 5 atom stereocenters. The lowest BCUT2D eigenvalue weighted by atomic mass is 9.64. The van der Waals surface area contributed by atoms with Crippen LogP contribution in [0.3, 0.4) is 0 Å². The molecule has 2 fully saturated rings. The minimum atomic E-state index is 0.527. The van der Waals surface area contributed by atoms with E-state index in [0.29, 0.717) is 5.41 Å². The highest BCUT2D eigenvalue weighted by Crippen LogP contribution is 2.63. The first-order valence-electron chi connectivity index (χ1n) is 9.74. The molecule has 0 aromatic heterocycles. The summed E-state index contributed by atoms with van der Waals surface area (Å²) in [6.45, 7) is 18.0. The van der Waals surface area contributed by atoms with E-state index in [1.54, 1.807) is 0 Å². The van der Waals surface area contributed by atoms with Gasteiger partial charge in [-0.1, -0.05) is 70.8 Å². The molecular weight excluding hydrogens is 264 g/mol. The first-order valence-corrected chi connectivity index (χ1v) is 9.74. The second-order valence-corrected chi connectivity index (χ2v) is 8.68. The first-order chi connectivity index (χ1) is 10.4. The van der Waals surface area contributed by atoms with E-state index in [9.17, 15) is 0 Å². The van der Waals surface area contributed by atoms with Crippen LogP contribution in [0.25, 0.3) is 0 Å². The normalized spacial score (nSPS) is 37.3. The molecule has 0 bridgehead atoms. The van der Waals surface area contributed by atoms with E-state index in [1.807, 2.05) is 0 Å². The molecule has 0 aliphatic heterocycles. The summed E-state index contributed by atoms with van der Waals surface area (Å²) in [6.07, 6.45) is 12.6. The van der Waals surface area contributed by atoms with Crippen molar-refractivity contribution in [3.8, 4) is 0 Å². The van der Waals surface area contributed by atoms with Crippen LogP contribution in [-0.2, 0) is 0 Å². The van der Waals surface area contributed by atoms with Crippen molar-refractivity contribution in [2.24, 2.45) is 29.1 Å². The van der Waals surface area contributed by atoms with Crippen LogP contribution < -0.4 is 0 Å². The van der Waals surface area contributed by atoms with Gasteiger partial charge in [-0.05, 0) is 68.1 Å². The number of hydrogen-bond donors (Lipinski definition) is 0. The maximum Gasteiger partial charge on any atom is -0.0200 e. The van der Waals surface area contributed by atoms with Crippen LogP contribution in [0.15, 0.2) is 24.3 Å². The molecule has 0 spiro atoms. The Hall–Kier alpha value is -0.520. The second kappa shape index (κ2) is 7.37. The van der Waals surface area contributed by atoms with Crippen LogP contribution >= 0.6 is 0 Å². The van der Waals surface area contributed by atoms with Gasteiger partial charge in [0, 0.05) is 0 Å². The Morgan fingerprint density at radius 3 is 2.41 bits per heavy atom. The monoisotopic (exact) mass is 302 g/mol. The van der Waals surface area contributed by atoms with Gasteiger partial charge in [0.05, 0.1) is 0 Å². The van der Waals surface area contributed by atoms with E-state index in [4.69, 9.17) is 0 Å². The quantitative estimate of drug-likeness (QED) is 0.329. The average molecular weight is 303 g/mol. The number of unbranched alkanes of at least 4 members (excludes halogenated alkanes) is 3. The van der Waals surface area contributed by atoms with Crippen molar-refractivity contribution < 1.29 is 0 Å². The molecule has 2 aliphatic rings. The summed E-state index contributed by atoms with van der Waals surface area (Å²) >= 11 is 0. The Labute approximate surface area is 139 Å². The van der Waals surface area contributed by atoms with Crippen molar-refractivity contribution in [2.45, 2.75) is 85.5 Å². The molecule has 0 amide bonds. The maximum absolute atomic E-state index is 4.38. The van der Waals surface area contributed by atoms with Crippen LogP contribution in [0, 0.1) is 29.1 Å². The fourth-order valence-electron chi connectivity index (χ4n) is 5.68. The third-order valence-electron chi connectivity index (χ3n) is 6.95. The molecule has 126 valence electrons. The molecule has 0 heterocycles. The van der Waals surface area contributed by atoms with Crippen LogP contribution in [0.4, 0.5) is 0 Å². The molecule has 2 saturated carbocycles. The second-order valence-electron chi connectivity index (χ2n) is 8.68. The van der Waals surface area contributed by atoms with Gasteiger partial charge in [-0.25, -0.2) is 0 Å². The van der Waals surface area contributed by atoms with Gasteiger partial charge >= 0.3 is 0 Å². The molecule has 0 N–H and O–H groups in total. The summed E-state index contributed by atoms with van der Waals surface area (Å²) in [5, 5.41) is 0. The van der Waals surface area contributed by atoms with Gasteiger partial charge in [0.25, 0.3) is 0 Å². The summed E-state index contributed by atoms with van der Waals surface area (Å²) in [7, 11) is 0. The van der Waals surface area contributed by atoms with Crippen molar-refractivity contribution in [2.75, 3.05) is 0 Å². The third kappa shape index (κ3) is 3.52. The summed E-state index contributed by atoms with van der Waals surface area (Å²) in [4.78, 5) is 0. The number of allylic oxidation sites excluding steroid dienone is 2. The Morgan fingerprint density at radius 1 is 1.05 bits per heavy atom. The van der Waals surface area contributed by atoms with Crippen molar-refractivity contribution >= 4 is 0 Å². The lowest BCUT2D eigenvalue weighted by Crippen LogP contribution is -2.32. The lowest BCUT2D eigenvalue weighted by Gasteiger charge is -2.41. The minimum absolute atomic E-state index is 0.527. The summed E-state index contributed by atoms with van der Waals surface area (Å²) in [5.41, 5.74) is 3.05. The standard InChI is InChI=1S/C22H38/c1-7-8-9-10-11-22(15-18(5)16(2)3)19(6)14-20-12-17(4)13-21(20)22/h17,19-21H,2,5,7-15H2,1,3-4,6H3. The Morgan fingerprint density at radius 2 is 1.77 bits per heavy atom. The van der Waals surface area contributed by atoms with Gasteiger partial charge in [-0.3, -0.25) is 0 Å². The highest BCUT2D eigenvalue weighted by Gasteiger charge is 2.54. The van der Waals surface area contributed by atoms with E-state index in [1.165, 1.54) is 68.9 Å². The molecular formula is C22H38. The molecule has 0 aromatic rings. The fourth-order valence-corrected chi connectivity index (χ4v) is 5.68. The number of hydrogen-bond acceptors (Lipinski definition) is 0. The molecule has 2 aliphatic carbocycles. The summed E-state index contributed by atoms with van der Waals surface area (Å²) < 4.78 is 0. The molecule has 5 unspecified atom stereocenters. The lowest BCUT2D eigenvalue weighted by molar-refractivity contribution is 0.111. The van der Waals surface area contributed by atoms with E-state index >= 15 is 0 Å². The SMILES string of the molecule is C=C(C)C(=C)CC1(CCCCCC)C(C)CC2CC(C)CC21. The summed E-state index contributed by atoms with van der Waals surface area (Å²) in [5.74, 6) is 3.76. The van der Waals surface area contributed by atoms with E-state index < -0.39 is 0 Å². The minimum Gasteiger partial charge on any atom is -0.0959 e. The topological polar surface area (TPSA) is 0 Å². The first kappa shape index (κ1) is 17.8. The molecule has 22 heavy (non-hydrogen) atoms. The molecule has 2 rings (SSSR count). The average Bonchev–Trinajstić information content (AvgIpc) is 2.92. The van der Waals surface area contributed by atoms with Gasteiger partial charge in [-0.15, -0.1) is 0 Å². The van der Waals surface area contributed by atoms with Gasteiger partial charge < -0.3 is 0 Å². The number of fused-ring (bicyclic) bond motifs is 1. The van der Waals surface area contributed by atoms with E-state index in [0.717, 1.165) is 23.7 Å². The van der Waals surface area contributed by atoms with E-state index in [2.05, 4.69) is 40.9 Å². The van der Waals surface area contributed by atoms with Crippen molar-refractivity contribution in [1.29, 1.82) is 0 Å². The van der Waals surface area contributed by atoms with Crippen LogP contribution in [-0.4, -0.2) is 0 Å². The zero-order valence-corrected chi connectivity index (χ0v) is 15.6. The molecule has 0 aromatic carbocycles. The maximum atomic E-state index is 4.38. The van der Waals surface area contributed by atoms with Crippen LogP contribution in [0.2, 0.25) is 0 Å². The van der Waals surface area contributed by atoms with Gasteiger partial charge in [0.15, 0.2) is 0 Å². The highest BCUT2D eigenvalue weighted by molar-refractivity contribution is 5.25. The predicted molar refractivity (Wildman–Crippen MR) is 98.9 cm³/mol. The Balaban J connectivity index is 2.16. The van der Waals surface area contributed by atoms with Gasteiger partial charge in [-0.2, -0.15) is 0 Å². The van der Waals surface area contributed by atoms with Gasteiger partial charge in [0.2, 0.25) is 0 Å². The van der Waals surface area contributed by atoms with Crippen molar-refractivity contribution in [1.82, 2.24) is 0 Å². The van der Waals surface area contributed by atoms with E-state index in [-0.39, 0.29) is 0 Å². The smallest absolute Gasteiger partial charge is 0.0200 e. The molecule has 0 saturated heterocycles. The highest BCUT2D eigenvalue weighted by atomic mass is 14.6. The fraction of sp³-hybridized carbons (Fsp3) is 0.818. The van der Waals surface area contributed by atoms with Crippen molar-refractivity contribution in [3.05, 3.63) is 24.3 Å². The number of rotatable bonds is 8. The van der Waals surface area contributed by atoms with Gasteiger partial charge in [0.1, 0.15) is 0 Å². The zero-order chi connectivity index (χ0) is 16.3. The summed E-state index contributed by atoms with van der Waals surface area (Å²) in [6, 6.07) is 0. The molecule has 0 nitrogen and oxygen atoms in total. The molecule has 0 heteroatoms. The third-order valence-corrected chi connectivity index (χ3v) is 6.95. The zero-order valence-electron chi connectivity index (χ0n) is 15.6. The Bertz CT molecular complexity index is 404. The Kier molecular flexibility index (Phi) is 5.97. The predicted octanol–water partition coefficient (Wildman–Crippen LogP) is 7.17. The van der Waals surface area contributed by atoms with Crippen LogP contribution in [0.5, 0.6) is 0 Å². The largest absolute Gasteiger partial charge is 0.0959 e.